The fraction of sp³-hybridized carbons (Fsp3) is 0.440. The summed E-state index contributed by atoms with van der Waals surface area (Å²) in [5, 5.41) is 0. The van der Waals surface area contributed by atoms with Crippen molar-refractivity contribution in [2.75, 3.05) is 5.88 Å². The molecule has 2 atom stereocenters. The average Bonchev–Trinajstić information content (AvgIpc) is 3.32. The molecule has 3 rings (SSSR count). The monoisotopic (exact) mass is 414 g/mol. The third kappa shape index (κ3) is 6.25. The zero-order valence-corrected chi connectivity index (χ0v) is 19.0. The van der Waals surface area contributed by atoms with E-state index < -0.39 is 0 Å². The summed E-state index contributed by atoms with van der Waals surface area (Å²) in [6, 6.07) is 8.85. The third-order valence-electron chi connectivity index (χ3n) is 5.51. The van der Waals surface area contributed by atoms with Crippen molar-refractivity contribution >= 4 is 17.7 Å². The molecule has 0 bridgehead atoms. The Morgan fingerprint density at radius 3 is 2.63 bits per heavy atom. The second-order valence-electron chi connectivity index (χ2n) is 7.24. The maximum atomic E-state index is 5.37. The van der Waals surface area contributed by atoms with Crippen molar-refractivity contribution in [1.82, 2.24) is 0 Å². The van der Waals surface area contributed by atoms with Gasteiger partial charge in [0.1, 0.15) is 0 Å². The van der Waals surface area contributed by atoms with Crippen LogP contribution < -0.4 is 0 Å². The van der Waals surface area contributed by atoms with Crippen LogP contribution in [0.15, 0.2) is 54.1 Å². The Kier molecular flexibility index (Phi) is 11.1. The van der Waals surface area contributed by atoms with Crippen molar-refractivity contribution < 1.29 is 21.7 Å². The zero-order valence-electron chi connectivity index (χ0n) is 16.7. The molecule has 0 nitrogen and oxygen atoms in total. The summed E-state index contributed by atoms with van der Waals surface area (Å²) in [6.45, 7) is 4.35. The van der Waals surface area contributed by atoms with Crippen LogP contribution in [0.25, 0.3) is 6.08 Å². The molecule has 0 N–H and O–H groups in total. The minimum absolute atomic E-state index is 0. The van der Waals surface area contributed by atoms with E-state index in [4.69, 9.17) is 18.0 Å². The Morgan fingerprint density at radius 1 is 1.22 bits per heavy atom. The standard InChI is InChI=1S/C23H26.C2H5Cl.Ti/c1-3-4-5-6-11-18-23(2,20-13-8-9-14-20)22-17-16-19-12-7-10-15-21(19)22;1-2-3;/h1,7-10,12-13,15-17,22H,4-6,11,14,18H2,2H3;2H2,1H3;. The van der Waals surface area contributed by atoms with Crippen LogP contribution in [0.5, 0.6) is 0 Å². The number of unbranched alkanes of at least 4 members (excludes halogenated alkanes) is 3. The molecule has 0 aromatic heterocycles. The minimum Gasteiger partial charge on any atom is -0.127 e. The van der Waals surface area contributed by atoms with Crippen LogP contribution in [0.4, 0.5) is 0 Å². The summed E-state index contributed by atoms with van der Waals surface area (Å²) in [7, 11) is 0. The van der Waals surface area contributed by atoms with Gasteiger partial charge in [0.05, 0.1) is 0 Å². The van der Waals surface area contributed by atoms with E-state index in [0.717, 1.165) is 25.1 Å². The third-order valence-corrected chi connectivity index (χ3v) is 5.51. The Bertz CT molecular complexity index is 707. The first-order valence-corrected chi connectivity index (χ1v) is 10.3. The van der Waals surface area contributed by atoms with Gasteiger partial charge in [-0.2, -0.15) is 0 Å². The molecule has 2 heteroatoms. The van der Waals surface area contributed by atoms with Crippen LogP contribution in [0.1, 0.15) is 69.4 Å². The number of halogens is 1. The number of benzene rings is 1. The summed E-state index contributed by atoms with van der Waals surface area (Å²) in [5.74, 6) is 3.98. The molecule has 0 spiro atoms. The van der Waals surface area contributed by atoms with Gasteiger partial charge in [-0.05, 0) is 35.8 Å². The number of hydrogen-bond acceptors (Lipinski definition) is 0. The average molecular weight is 415 g/mol. The summed E-state index contributed by atoms with van der Waals surface area (Å²) in [4.78, 5) is 0. The largest absolute Gasteiger partial charge is 0.127 e. The van der Waals surface area contributed by atoms with Crippen LogP contribution in [-0.2, 0) is 21.7 Å². The summed E-state index contributed by atoms with van der Waals surface area (Å²) >= 11 is 5.00. The molecule has 0 amide bonds. The second kappa shape index (κ2) is 12.5. The maximum absolute atomic E-state index is 5.37. The first-order valence-electron chi connectivity index (χ1n) is 9.80. The zero-order chi connectivity index (χ0) is 18.8. The van der Waals surface area contributed by atoms with Crippen LogP contribution in [0.2, 0.25) is 0 Å². The van der Waals surface area contributed by atoms with Crippen LogP contribution in [-0.4, -0.2) is 5.88 Å². The molecular formula is C25H31ClTi. The first kappa shape index (κ1) is 24.0. The maximum Gasteiger partial charge on any atom is 0.0195 e. The molecular weight excluding hydrogens is 384 g/mol. The van der Waals surface area contributed by atoms with Crippen LogP contribution >= 0.6 is 11.6 Å². The van der Waals surface area contributed by atoms with Gasteiger partial charge in [0.25, 0.3) is 0 Å². The number of terminal acetylenes is 1. The number of alkyl halides is 1. The van der Waals surface area contributed by atoms with E-state index in [9.17, 15) is 0 Å². The number of fused-ring (bicyclic) bond motifs is 1. The van der Waals surface area contributed by atoms with Gasteiger partial charge in [-0.1, -0.05) is 86.9 Å². The predicted octanol–water partition coefficient (Wildman–Crippen LogP) is 7.52. The van der Waals surface area contributed by atoms with Crippen molar-refractivity contribution in [3.8, 4) is 12.3 Å². The predicted molar refractivity (Wildman–Crippen MR) is 116 cm³/mol. The van der Waals surface area contributed by atoms with Crippen molar-refractivity contribution in [1.29, 1.82) is 0 Å². The van der Waals surface area contributed by atoms with Crippen molar-refractivity contribution in [2.24, 2.45) is 5.41 Å². The molecule has 0 saturated heterocycles. The SMILES string of the molecule is C#CCCCCCC(C)(C1=CC=CC1)C1C=Cc2ccccc21.CCCl.[Ti]. The van der Waals surface area contributed by atoms with E-state index in [0.29, 0.717) is 5.92 Å². The molecule has 0 radical (unpaired) electrons. The molecule has 0 aliphatic heterocycles. The van der Waals surface area contributed by atoms with Gasteiger partial charge in [0.15, 0.2) is 0 Å². The topological polar surface area (TPSA) is 0 Å². The van der Waals surface area contributed by atoms with E-state index in [-0.39, 0.29) is 27.1 Å². The Balaban J connectivity index is 0.000000855. The van der Waals surface area contributed by atoms with Gasteiger partial charge in [0.2, 0.25) is 0 Å². The second-order valence-corrected chi connectivity index (χ2v) is 7.77. The summed E-state index contributed by atoms with van der Waals surface area (Å²) in [6.07, 6.45) is 23.8. The number of rotatable bonds is 7. The molecule has 2 aliphatic carbocycles. The molecule has 27 heavy (non-hydrogen) atoms. The Hall–Kier alpha value is -0.996. The van der Waals surface area contributed by atoms with Gasteiger partial charge in [-0.15, -0.1) is 23.9 Å². The Morgan fingerprint density at radius 2 is 1.96 bits per heavy atom. The minimum atomic E-state index is 0. The summed E-state index contributed by atoms with van der Waals surface area (Å²) in [5.41, 5.74) is 4.68. The van der Waals surface area contributed by atoms with Gasteiger partial charge < -0.3 is 0 Å². The van der Waals surface area contributed by atoms with E-state index in [1.165, 1.54) is 30.4 Å². The van der Waals surface area contributed by atoms with Gasteiger partial charge in [-0.25, -0.2) is 0 Å². The van der Waals surface area contributed by atoms with Crippen molar-refractivity contribution in [3.05, 3.63) is 65.3 Å². The van der Waals surface area contributed by atoms with E-state index >= 15 is 0 Å². The summed E-state index contributed by atoms with van der Waals surface area (Å²) < 4.78 is 0. The van der Waals surface area contributed by atoms with Crippen molar-refractivity contribution in [2.45, 2.75) is 58.3 Å². The van der Waals surface area contributed by atoms with E-state index in [1.54, 1.807) is 5.57 Å². The fourth-order valence-electron chi connectivity index (χ4n) is 4.09. The normalized spacial score (nSPS) is 18.4. The number of allylic oxidation sites excluding steroid dienone is 5. The fourth-order valence-corrected chi connectivity index (χ4v) is 4.09. The Labute approximate surface area is 186 Å². The van der Waals surface area contributed by atoms with Gasteiger partial charge in [-0.3, -0.25) is 0 Å². The van der Waals surface area contributed by atoms with Gasteiger partial charge in [0, 0.05) is 39.9 Å². The quantitative estimate of drug-likeness (QED) is 0.187. The molecule has 0 fully saturated rings. The molecule has 2 unspecified atom stereocenters. The van der Waals surface area contributed by atoms with Gasteiger partial charge >= 0.3 is 0 Å². The molecule has 2 aliphatic rings. The van der Waals surface area contributed by atoms with Crippen LogP contribution in [0.3, 0.4) is 0 Å². The van der Waals surface area contributed by atoms with Crippen LogP contribution in [0, 0.1) is 17.8 Å². The molecule has 0 heterocycles. The molecule has 1 aromatic carbocycles. The first-order chi connectivity index (χ1) is 12.7. The van der Waals surface area contributed by atoms with E-state index in [1.807, 2.05) is 6.92 Å². The van der Waals surface area contributed by atoms with Crippen molar-refractivity contribution in [3.63, 3.8) is 0 Å². The molecule has 1 aromatic rings. The smallest absolute Gasteiger partial charge is 0.0195 e. The van der Waals surface area contributed by atoms with E-state index in [2.05, 4.69) is 67.5 Å². The molecule has 0 saturated carbocycles. The number of hydrogen-bond donors (Lipinski definition) is 0. The molecule has 142 valence electrons.